The van der Waals surface area contributed by atoms with E-state index in [1.165, 1.54) is 10.9 Å². The van der Waals surface area contributed by atoms with Crippen LogP contribution < -0.4 is 5.32 Å². The van der Waals surface area contributed by atoms with Gasteiger partial charge in [-0.25, -0.2) is 4.79 Å². The first-order valence-electron chi connectivity index (χ1n) is 5.72. The van der Waals surface area contributed by atoms with E-state index in [1.807, 2.05) is 0 Å². The molecule has 0 radical (unpaired) electrons. The molecule has 0 aliphatic heterocycles. The number of ether oxygens (including phenoxy) is 1. The molecule has 0 spiro atoms. The zero-order chi connectivity index (χ0) is 13.9. The van der Waals surface area contributed by atoms with Crippen LogP contribution in [0.1, 0.15) is 38.2 Å². The molecule has 1 rings (SSSR count). The van der Waals surface area contributed by atoms with E-state index in [2.05, 4.69) is 10.4 Å². The fourth-order valence-corrected chi connectivity index (χ4v) is 1.32. The Balaban J connectivity index is 2.60. The molecule has 1 N–H and O–H groups in total. The van der Waals surface area contributed by atoms with Crippen molar-refractivity contribution in [2.45, 2.75) is 39.3 Å². The standard InChI is InChI=1S/C12H19N3O3/c1-8(11(17)18-12(2,3)4)14-10(16)9-6-7-13-15(9)5/h6-8H,1-5H3,(H,14,16)/t8-/m0/s1. The lowest BCUT2D eigenvalue weighted by atomic mass is 10.2. The topological polar surface area (TPSA) is 73.2 Å². The Morgan fingerprint density at radius 1 is 1.44 bits per heavy atom. The highest BCUT2D eigenvalue weighted by molar-refractivity contribution is 5.95. The van der Waals surface area contributed by atoms with Gasteiger partial charge in [-0.3, -0.25) is 9.48 Å². The summed E-state index contributed by atoms with van der Waals surface area (Å²) in [6, 6.07) is 0.878. The van der Waals surface area contributed by atoms with Crippen LogP contribution in [0.5, 0.6) is 0 Å². The van der Waals surface area contributed by atoms with Crippen LogP contribution in [0.3, 0.4) is 0 Å². The second-order valence-electron chi connectivity index (χ2n) is 5.07. The fourth-order valence-electron chi connectivity index (χ4n) is 1.32. The van der Waals surface area contributed by atoms with Gasteiger partial charge in [0.1, 0.15) is 17.3 Å². The van der Waals surface area contributed by atoms with Gasteiger partial charge in [-0.1, -0.05) is 0 Å². The van der Waals surface area contributed by atoms with Crippen LogP contribution in [0.15, 0.2) is 12.3 Å². The van der Waals surface area contributed by atoms with E-state index < -0.39 is 17.6 Å². The third kappa shape index (κ3) is 3.87. The number of amides is 1. The summed E-state index contributed by atoms with van der Waals surface area (Å²) in [5.74, 6) is -0.814. The maximum atomic E-state index is 11.8. The number of carbonyl (C=O) groups excluding carboxylic acids is 2. The van der Waals surface area contributed by atoms with Crippen LogP contribution >= 0.6 is 0 Å². The highest BCUT2D eigenvalue weighted by Gasteiger charge is 2.23. The molecule has 18 heavy (non-hydrogen) atoms. The predicted octanol–water partition coefficient (Wildman–Crippen LogP) is 0.880. The van der Waals surface area contributed by atoms with Crippen LogP contribution in [0.25, 0.3) is 0 Å². The zero-order valence-corrected chi connectivity index (χ0v) is 11.4. The summed E-state index contributed by atoms with van der Waals surface area (Å²) in [6.07, 6.45) is 1.52. The lowest BCUT2D eigenvalue weighted by Gasteiger charge is -2.22. The molecule has 0 aliphatic carbocycles. The Hall–Kier alpha value is -1.85. The van der Waals surface area contributed by atoms with Gasteiger partial charge >= 0.3 is 5.97 Å². The number of hydrogen-bond acceptors (Lipinski definition) is 4. The van der Waals surface area contributed by atoms with Gasteiger partial charge in [0, 0.05) is 13.2 Å². The van der Waals surface area contributed by atoms with Gasteiger partial charge < -0.3 is 10.1 Å². The minimum absolute atomic E-state index is 0.353. The number of nitrogens with zero attached hydrogens (tertiary/aromatic N) is 2. The van der Waals surface area contributed by atoms with Crippen molar-refractivity contribution in [2.24, 2.45) is 7.05 Å². The van der Waals surface area contributed by atoms with E-state index in [4.69, 9.17) is 4.74 Å². The number of esters is 1. The molecule has 1 heterocycles. The number of aryl methyl sites for hydroxylation is 1. The molecule has 0 bridgehead atoms. The lowest BCUT2D eigenvalue weighted by molar-refractivity contribution is -0.156. The number of hydrogen-bond donors (Lipinski definition) is 1. The fraction of sp³-hybridized carbons (Fsp3) is 0.583. The van der Waals surface area contributed by atoms with Gasteiger partial charge in [0.15, 0.2) is 0 Å². The van der Waals surface area contributed by atoms with Crippen LogP contribution in [-0.4, -0.2) is 33.3 Å². The summed E-state index contributed by atoms with van der Waals surface area (Å²) < 4.78 is 6.61. The van der Waals surface area contributed by atoms with Crippen molar-refractivity contribution in [1.82, 2.24) is 15.1 Å². The first-order valence-corrected chi connectivity index (χ1v) is 5.72. The molecule has 0 unspecified atom stereocenters. The third-order valence-electron chi connectivity index (χ3n) is 2.16. The first-order chi connectivity index (χ1) is 8.20. The number of rotatable bonds is 3. The van der Waals surface area contributed by atoms with Crippen molar-refractivity contribution in [3.8, 4) is 0 Å². The van der Waals surface area contributed by atoms with Crippen LogP contribution in [0.2, 0.25) is 0 Å². The average molecular weight is 253 g/mol. The quantitative estimate of drug-likeness (QED) is 0.812. The van der Waals surface area contributed by atoms with E-state index in [-0.39, 0.29) is 5.91 Å². The van der Waals surface area contributed by atoms with E-state index in [0.717, 1.165) is 0 Å². The van der Waals surface area contributed by atoms with E-state index in [1.54, 1.807) is 40.8 Å². The maximum absolute atomic E-state index is 11.8. The highest BCUT2D eigenvalue weighted by Crippen LogP contribution is 2.08. The van der Waals surface area contributed by atoms with Crippen molar-refractivity contribution in [3.05, 3.63) is 18.0 Å². The molecule has 0 saturated carbocycles. The average Bonchev–Trinajstić information content (AvgIpc) is 2.61. The van der Waals surface area contributed by atoms with E-state index >= 15 is 0 Å². The van der Waals surface area contributed by atoms with Crippen molar-refractivity contribution in [2.75, 3.05) is 0 Å². The molecule has 1 aromatic heterocycles. The highest BCUT2D eigenvalue weighted by atomic mass is 16.6. The number of carbonyl (C=O) groups is 2. The van der Waals surface area contributed by atoms with Crippen molar-refractivity contribution < 1.29 is 14.3 Å². The first kappa shape index (κ1) is 14.2. The maximum Gasteiger partial charge on any atom is 0.328 e. The normalized spacial score (nSPS) is 12.9. The van der Waals surface area contributed by atoms with Crippen molar-refractivity contribution in [3.63, 3.8) is 0 Å². The van der Waals surface area contributed by atoms with Gasteiger partial charge in [-0.05, 0) is 33.8 Å². The Bertz CT molecular complexity index is 446. The van der Waals surface area contributed by atoms with Gasteiger partial charge in [0.05, 0.1) is 0 Å². The summed E-state index contributed by atoms with van der Waals surface area (Å²) in [7, 11) is 1.66. The Labute approximate surface area is 106 Å². The van der Waals surface area contributed by atoms with Gasteiger partial charge in [0.2, 0.25) is 0 Å². The largest absolute Gasteiger partial charge is 0.458 e. The molecule has 100 valence electrons. The molecule has 0 fully saturated rings. The molecule has 1 atom stereocenters. The molecule has 6 nitrogen and oxygen atoms in total. The van der Waals surface area contributed by atoms with Gasteiger partial charge in [-0.15, -0.1) is 0 Å². The Kier molecular flexibility index (Phi) is 4.11. The molecule has 1 aromatic rings. The number of nitrogens with one attached hydrogen (secondary N) is 1. The Morgan fingerprint density at radius 2 is 2.06 bits per heavy atom. The number of aromatic nitrogens is 2. The smallest absolute Gasteiger partial charge is 0.328 e. The second kappa shape index (κ2) is 5.20. The molecule has 0 aromatic carbocycles. The van der Waals surface area contributed by atoms with Gasteiger partial charge in [-0.2, -0.15) is 5.10 Å². The zero-order valence-electron chi connectivity index (χ0n) is 11.4. The molecular formula is C12H19N3O3. The summed E-state index contributed by atoms with van der Waals surface area (Å²) in [5.41, 5.74) is -0.173. The SMILES string of the molecule is C[C@H](NC(=O)c1ccnn1C)C(=O)OC(C)(C)C. The second-order valence-corrected chi connectivity index (χ2v) is 5.07. The predicted molar refractivity (Wildman–Crippen MR) is 66.0 cm³/mol. The summed E-state index contributed by atoms with van der Waals surface area (Å²) in [4.78, 5) is 23.5. The molecule has 1 amide bonds. The van der Waals surface area contributed by atoms with Crippen LogP contribution in [0, 0.1) is 0 Å². The Morgan fingerprint density at radius 3 is 2.50 bits per heavy atom. The lowest BCUT2D eigenvalue weighted by Crippen LogP contribution is -2.42. The van der Waals surface area contributed by atoms with Crippen LogP contribution in [-0.2, 0) is 16.6 Å². The third-order valence-corrected chi connectivity index (χ3v) is 2.16. The monoisotopic (exact) mass is 253 g/mol. The summed E-state index contributed by atoms with van der Waals surface area (Å²) in [6.45, 7) is 6.92. The molecular weight excluding hydrogens is 234 g/mol. The summed E-state index contributed by atoms with van der Waals surface area (Å²) in [5, 5.41) is 6.46. The molecule has 0 aliphatic rings. The molecule has 0 saturated heterocycles. The van der Waals surface area contributed by atoms with E-state index in [9.17, 15) is 9.59 Å². The summed E-state index contributed by atoms with van der Waals surface area (Å²) >= 11 is 0. The van der Waals surface area contributed by atoms with Crippen molar-refractivity contribution in [1.29, 1.82) is 0 Å². The van der Waals surface area contributed by atoms with E-state index in [0.29, 0.717) is 5.69 Å². The van der Waals surface area contributed by atoms with Crippen LogP contribution in [0.4, 0.5) is 0 Å². The van der Waals surface area contributed by atoms with Gasteiger partial charge in [0.25, 0.3) is 5.91 Å². The van der Waals surface area contributed by atoms with Crippen molar-refractivity contribution >= 4 is 11.9 Å². The molecule has 6 heteroatoms. The minimum Gasteiger partial charge on any atom is -0.458 e. The minimum atomic E-state index is -0.702.